The summed E-state index contributed by atoms with van der Waals surface area (Å²) in [5.41, 5.74) is -3.74. The number of epoxide rings is 2. The fraction of sp³-hybridized carbons (Fsp3) is 0.750. The zero-order valence-corrected chi connectivity index (χ0v) is 12.2. The molecule has 2 aliphatic rings. The first-order valence-corrected chi connectivity index (χ1v) is 7.04. The number of rotatable bonds is 7. The van der Waals surface area contributed by atoms with Gasteiger partial charge in [-0.1, -0.05) is 0 Å². The molecule has 3 rings (SSSR count). The van der Waals surface area contributed by atoms with Crippen molar-refractivity contribution in [2.45, 2.75) is 44.2 Å². The topological polar surface area (TPSA) is 91.1 Å². The smallest absolute Gasteiger partial charge is 0.336 e. The first-order chi connectivity index (χ1) is 11.2. The minimum atomic E-state index is -4.59. The fourth-order valence-electron chi connectivity index (χ4n) is 2.16. The van der Waals surface area contributed by atoms with Crippen molar-refractivity contribution in [2.75, 3.05) is 13.2 Å². The molecule has 1 aromatic rings. The molecule has 0 aromatic carbocycles. The van der Waals surface area contributed by atoms with Crippen molar-refractivity contribution in [3.63, 3.8) is 0 Å². The largest absolute Gasteiger partial charge is 0.371 e. The van der Waals surface area contributed by atoms with Gasteiger partial charge >= 0.3 is 29.4 Å². The fourth-order valence-corrected chi connectivity index (χ4v) is 2.16. The van der Waals surface area contributed by atoms with Gasteiger partial charge in [-0.25, -0.2) is 36.9 Å². The van der Waals surface area contributed by atoms with Crippen LogP contribution in [0.2, 0.25) is 0 Å². The average Bonchev–Trinajstić information content (AvgIpc) is 3.39. The van der Waals surface area contributed by atoms with Gasteiger partial charge in [-0.05, 0) is 0 Å². The first kappa shape index (κ1) is 16.9. The Kier molecular flexibility index (Phi) is 4.11. The van der Waals surface area contributed by atoms with Gasteiger partial charge in [0.05, 0.1) is 38.5 Å². The van der Waals surface area contributed by atoms with Gasteiger partial charge in [-0.2, -0.15) is 8.78 Å². The van der Waals surface area contributed by atoms with Gasteiger partial charge in [0.2, 0.25) is 0 Å². The summed E-state index contributed by atoms with van der Waals surface area (Å²) in [5.74, 6) is -4.59. The average molecular weight is 355 g/mol. The van der Waals surface area contributed by atoms with Crippen LogP contribution in [0.25, 0.3) is 0 Å². The molecular weight excluding hydrogens is 342 g/mol. The van der Waals surface area contributed by atoms with Crippen molar-refractivity contribution >= 4 is 0 Å². The van der Waals surface area contributed by atoms with Crippen LogP contribution in [0.3, 0.4) is 0 Å². The lowest BCUT2D eigenvalue weighted by molar-refractivity contribution is -0.139. The Hall–Kier alpha value is -1.95. The summed E-state index contributed by atoms with van der Waals surface area (Å²) in [5, 5.41) is 0. The molecule has 0 N–H and O–H groups in total. The van der Waals surface area contributed by atoms with Crippen molar-refractivity contribution < 1.29 is 27.0 Å². The van der Waals surface area contributed by atoms with Gasteiger partial charge in [0.25, 0.3) is 0 Å². The standard InChI is InChI=1S/C12H13F4N3O5/c13-8(14)12(15,16)5-19-10(21)17(1-6-3-23-6)9(20)18(11(19)22)2-7-4-24-7/h6-8H,1-5H2. The number of hydrogen-bond acceptors (Lipinski definition) is 5. The zero-order valence-electron chi connectivity index (χ0n) is 12.2. The van der Waals surface area contributed by atoms with Crippen LogP contribution in [0, 0.1) is 0 Å². The van der Waals surface area contributed by atoms with Crippen molar-refractivity contribution in [2.24, 2.45) is 0 Å². The Morgan fingerprint density at radius 2 is 1.29 bits per heavy atom. The molecule has 0 bridgehead atoms. The van der Waals surface area contributed by atoms with Gasteiger partial charge in [0.1, 0.15) is 6.54 Å². The van der Waals surface area contributed by atoms with E-state index in [2.05, 4.69) is 0 Å². The summed E-state index contributed by atoms with van der Waals surface area (Å²) < 4.78 is 62.2. The number of ether oxygens (including phenoxy) is 2. The first-order valence-electron chi connectivity index (χ1n) is 7.04. The van der Waals surface area contributed by atoms with Crippen molar-refractivity contribution in [3.05, 3.63) is 31.5 Å². The maximum atomic E-state index is 13.3. The van der Waals surface area contributed by atoms with Crippen LogP contribution in [-0.2, 0) is 29.1 Å². The van der Waals surface area contributed by atoms with Crippen LogP contribution in [0.5, 0.6) is 0 Å². The van der Waals surface area contributed by atoms with Crippen molar-refractivity contribution in [1.82, 2.24) is 13.7 Å². The molecule has 2 atom stereocenters. The molecule has 2 aliphatic heterocycles. The molecule has 0 amide bonds. The molecule has 2 saturated heterocycles. The highest BCUT2D eigenvalue weighted by Gasteiger charge is 2.42. The summed E-state index contributed by atoms with van der Waals surface area (Å²) in [6.45, 7) is -1.78. The molecule has 1 aromatic heterocycles. The molecule has 2 unspecified atom stereocenters. The van der Waals surface area contributed by atoms with Gasteiger partial charge in [0, 0.05) is 0 Å². The molecule has 0 aliphatic carbocycles. The lowest BCUT2D eigenvalue weighted by Gasteiger charge is -2.18. The van der Waals surface area contributed by atoms with E-state index in [4.69, 9.17) is 9.47 Å². The maximum absolute atomic E-state index is 13.3. The van der Waals surface area contributed by atoms with Crippen LogP contribution in [0.1, 0.15) is 0 Å². The number of nitrogens with zero attached hydrogens (tertiary/aromatic N) is 3. The number of halogens is 4. The van der Waals surface area contributed by atoms with E-state index in [-0.39, 0.29) is 30.9 Å². The van der Waals surface area contributed by atoms with E-state index >= 15 is 0 Å². The second kappa shape index (κ2) is 5.84. The van der Waals surface area contributed by atoms with E-state index < -0.39 is 48.2 Å². The van der Waals surface area contributed by atoms with Crippen LogP contribution in [-0.4, -0.2) is 51.5 Å². The Morgan fingerprint density at radius 3 is 1.62 bits per heavy atom. The normalized spacial score (nSPS) is 22.9. The highest BCUT2D eigenvalue weighted by molar-refractivity contribution is 4.86. The second-order valence-electron chi connectivity index (χ2n) is 5.63. The van der Waals surface area contributed by atoms with Crippen molar-refractivity contribution in [1.29, 1.82) is 0 Å². The summed E-state index contributed by atoms with van der Waals surface area (Å²) in [6.07, 6.45) is -4.97. The minimum Gasteiger partial charge on any atom is -0.371 e. The summed E-state index contributed by atoms with van der Waals surface area (Å²) in [7, 11) is 0. The molecule has 2 fully saturated rings. The third kappa shape index (κ3) is 3.29. The molecular formula is C12H13F4N3O5. The van der Waals surface area contributed by atoms with E-state index in [1.54, 1.807) is 0 Å². The highest BCUT2D eigenvalue weighted by Crippen LogP contribution is 2.23. The minimum absolute atomic E-state index is 0.0433. The van der Waals surface area contributed by atoms with E-state index in [1.807, 2.05) is 0 Å². The van der Waals surface area contributed by atoms with Crippen LogP contribution in [0.15, 0.2) is 14.4 Å². The van der Waals surface area contributed by atoms with E-state index in [9.17, 15) is 31.9 Å². The lowest BCUT2D eigenvalue weighted by Crippen LogP contribution is -2.57. The van der Waals surface area contributed by atoms with Gasteiger partial charge in [-0.3, -0.25) is 0 Å². The SMILES string of the molecule is O=c1n(CC2CO2)c(=O)n(CC(F)(F)C(F)F)c(=O)n1CC1CO1. The Bertz CT molecular complexity index is 754. The zero-order chi connectivity index (χ0) is 17.6. The highest BCUT2D eigenvalue weighted by atomic mass is 19.3. The third-order valence-electron chi connectivity index (χ3n) is 3.65. The maximum Gasteiger partial charge on any atom is 0.336 e. The Balaban J connectivity index is 2.09. The number of alkyl halides is 4. The molecule has 24 heavy (non-hydrogen) atoms. The molecule has 0 saturated carbocycles. The van der Waals surface area contributed by atoms with Crippen LogP contribution in [0.4, 0.5) is 17.6 Å². The number of hydrogen-bond donors (Lipinski definition) is 0. The van der Waals surface area contributed by atoms with E-state index in [0.717, 1.165) is 0 Å². The molecule has 134 valence electrons. The molecule has 3 heterocycles. The summed E-state index contributed by atoms with van der Waals surface area (Å²) >= 11 is 0. The van der Waals surface area contributed by atoms with Gasteiger partial charge < -0.3 is 9.47 Å². The predicted molar refractivity (Wildman–Crippen MR) is 69.7 cm³/mol. The summed E-state index contributed by atoms with van der Waals surface area (Å²) in [4.78, 5) is 36.6. The van der Waals surface area contributed by atoms with Crippen molar-refractivity contribution in [3.8, 4) is 0 Å². The summed E-state index contributed by atoms with van der Waals surface area (Å²) in [6, 6.07) is 0. The predicted octanol–water partition coefficient (Wildman–Crippen LogP) is -1.13. The van der Waals surface area contributed by atoms with Crippen LogP contribution < -0.4 is 17.1 Å². The van der Waals surface area contributed by atoms with Crippen LogP contribution >= 0.6 is 0 Å². The molecule has 0 spiro atoms. The second-order valence-corrected chi connectivity index (χ2v) is 5.63. The monoisotopic (exact) mass is 355 g/mol. The third-order valence-corrected chi connectivity index (χ3v) is 3.65. The van der Waals surface area contributed by atoms with E-state index in [1.165, 1.54) is 0 Å². The Morgan fingerprint density at radius 1 is 0.917 bits per heavy atom. The molecule has 8 nitrogen and oxygen atoms in total. The Labute approximate surface area is 130 Å². The quantitative estimate of drug-likeness (QED) is 0.456. The molecule has 12 heteroatoms. The molecule has 0 radical (unpaired) electrons. The van der Waals surface area contributed by atoms with Gasteiger partial charge in [-0.15, -0.1) is 0 Å². The van der Waals surface area contributed by atoms with E-state index in [0.29, 0.717) is 9.13 Å². The number of aromatic nitrogens is 3. The lowest BCUT2D eigenvalue weighted by atomic mass is 10.3. The van der Waals surface area contributed by atoms with Gasteiger partial charge in [0.15, 0.2) is 0 Å².